The van der Waals surface area contributed by atoms with E-state index in [9.17, 15) is 9.59 Å². The molecule has 4 heterocycles. The van der Waals surface area contributed by atoms with E-state index in [4.69, 9.17) is 4.42 Å². The number of pyridine rings is 1. The maximum Gasteiger partial charge on any atom is 0.321 e. The van der Waals surface area contributed by atoms with E-state index in [1.807, 2.05) is 71.6 Å². The Kier molecular flexibility index (Phi) is 8.26. The van der Waals surface area contributed by atoms with Crippen molar-refractivity contribution in [3.63, 3.8) is 0 Å². The van der Waals surface area contributed by atoms with Crippen molar-refractivity contribution in [2.24, 2.45) is 5.92 Å². The fourth-order valence-corrected chi connectivity index (χ4v) is 5.72. The van der Waals surface area contributed by atoms with Crippen LogP contribution in [0.5, 0.6) is 0 Å². The van der Waals surface area contributed by atoms with E-state index < -0.39 is 0 Å². The summed E-state index contributed by atoms with van der Waals surface area (Å²) in [6.07, 6.45) is 3.93. The number of carbonyl (C=O) groups is 2. The zero-order valence-electron chi connectivity index (χ0n) is 24.6. The molecule has 4 aromatic rings. The average molecular weight is 580 g/mol. The number of hydrogen-bond donors (Lipinski definition) is 2. The number of benzene rings is 2. The molecule has 0 bridgehead atoms. The largest absolute Gasteiger partial charge is 0.418 e. The Morgan fingerprint density at radius 1 is 0.884 bits per heavy atom. The van der Waals surface area contributed by atoms with Crippen LogP contribution in [0.25, 0.3) is 11.1 Å². The molecule has 1 atom stereocenters. The first-order chi connectivity index (χ1) is 20.9. The molecule has 10 nitrogen and oxygen atoms in total. The normalized spacial score (nSPS) is 17.1. The van der Waals surface area contributed by atoms with Crippen LogP contribution in [0.3, 0.4) is 0 Å². The highest BCUT2D eigenvalue weighted by Crippen LogP contribution is 2.28. The van der Waals surface area contributed by atoms with Crippen molar-refractivity contribution in [2.75, 3.05) is 59.7 Å². The van der Waals surface area contributed by atoms with E-state index in [1.54, 1.807) is 13.1 Å². The van der Waals surface area contributed by atoms with Crippen LogP contribution >= 0.6 is 0 Å². The van der Waals surface area contributed by atoms with Crippen molar-refractivity contribution in [3.8, 4) is 11.1 Å². The fourth-order valence-electron chi connectivity index (χ4n) is 5.72. The fraction of sp³-hybridized carbons (Fsp3) is 0.333. The topological polar surface area (TPSA) is 107 Å². The molecule has 0 radical (unpaired) electrons. The molecule has 2 fully saturated rings. The van der Waals surface area contributed by atoms with E-state index in [-0.39, 0.29) is 17.7 Å². The molecule has 2 aliphatic heterocycles. The Balaban J connectivity index is 1.02. The molecule has 2 aromatic carbocycles. The second-order valence-electron chi connectivity index (χ2n) is 11.3. The highest BCUT2D eigenvalue weighted by Gasteiger charge is 2.25. The van der Waals surface area contributed by atoms with Gasteiger partial charge < -0.3 is 29.8 Å². The quantitative estimate of drug-likeness (QED) is 0.293. The molecule has 2 aliphatic rings. The number of anilines is 4. The number of para-hydroxylation sites is 1. The molecule has 6 rings (SSSR count). The number of amides is 3. The molecular weight excluding hydrogens is 542 g/mol. The van der Waals surface area contributed by atoms with Gasteiger partial charge in [0, 0.05) is 44.8 Å². The lowest BCUT2D eigenvalue weighted by atomic mass is 10.0. The lowest BCUT2D eigenvalue weighted by Crippen LogP contribution is -2.50. The first kappa shape index (κ1) is 28.3. The number of aryl methyl sites for hydroxylation is 1. The minimum atomic E-state index is -0.343. The Morgan fingerprint density at radius 3 is 2.40 bits per heavy atom. The molecule has 0 aliphatic carbocycles. The van der Waals surface area contributed by atoms with Gasteiger partial charge in [-0.2, -0.15) is 4.98 Å². The maximum absolute atomic E-state index is 13.1. The van der Waals surface area contributed by atoms with Crippen LogP contribution in [-0.4, -0.2) is 66.1 Å². The molecule has 3 amide bonds. The number of oxazole rings is 1. The molecule has 43 heavy (non-hydrogen) atoms. The third-order valence-corrected chi connectivity index (χ3v) is 8.07. The summed E-state index contributed by atoms with van der Waals surface area (Å²) in [5, 5.41) is 5.98. The summed E-state index contributed by atoms with van der Waals surface area (Å²) in [4.78, 5) is 41.2. The van der Waals surface area contributed by atoms with Crippen LogP contribution in [0.4, 0.5) is 28.0 Å². The number of rotatable bonds is 6. The lowest BCUT2D eigenvalue weighted by Gasteiger charge is -2.35. The van der Waals surface area contributed by atoms with Gasteiger partial charge in [-0.15, -0.1) is 0 Å². The van der Waals surface area contributed by atoms with Crippen LogP contribution in [0.1, 0.15) is 36.0 Å². The SMILES string of the molecule is Cc1nc(N2CCCC(C)C2)oc1C(=O)Nc1ccc(N2CCN(C(=O)Nc3ccccc3-c3ccccc3)CC2)nc1. The summed E-state index contributed by atoms with van der Waals surface area (Å²) < 4.78 is 5.89. The van der Waals surface area contributed by atoms with Crippen LogP contribution in [-0.2, 0) is 0 Å². The number of aromatic nitrogens is 2. The van der Waals surface area contributed by atoms with Gasteiger partial charge in [0.2, 0.25) is 5.76 Å². The van der Waals surface area contributed by atoms with Gasteiger partial charge in [0.1, 0.15) is 5.82 Å². The number of urea groups is 1. The maximum atomic E-state index is 13.1. The van der Waals surface area contributed by atoms with Crippen molar-refractivity contribution in [2.45, 2.75) is 26.7 Å². The lowest BCUT2D eigenvalue weighted by molar-refractivity contribution is 0.0996. The van der Waals surface area contributed by atoms with Gasteiger partial charge in [-0.1, -0.05) is 55.5 Å². The number of nitrogens with zero attached hydrogens (tertiary/aromatic N) is 5. The van der Waals surface area contributed by atoms with E-state index in [1.165, 1.54) is 6.42 Å². The number of carbonyl (C=O) groups excluding carboxylic acids is 2. The first-order valence-electron chi connectivity index (χ1n) is 14.9. The minimum Gasteiger partial charge on any atom is -0.418 e. The molecule has 0 spiro atoms. The summed E-state index contributed by atoms with van der Waals surface area (Å²) in [5.74, 6) is 1.25. The smallest absolute Gasteiger partial charge is 0.321 e. The summed E-state index contributed by atoms with van der Waals surface area (Å²) in [7, 11) is 0. The van der Waals surface area contributed by atoms with Gasteiger partial charge in [-0.25, -0.2) is 9.78 Å². The van der Waals surface area contributed by atoms with Crippen molar-refractivity contribution in [3.05, 3.63) is 84.4 Å². The van der Waals surface area contributed by atoms with E-state index in [0.29, 0.717) is 49.5 Å². The van der Waals surface area contributed by atoms with Crippen molar-refractivity contribution in [1.29, 1.82) is 0 Å². The average Bonchev–Trinajstić information content (AvgIpc) is 3.44. The predicted octanol–water partition coefficient (Wildman–Crippen LogP) is 5.89. The summed E-state index contributed by atoms with van der Waals surface area (Å²) in [5.41, 5.74) is 3.98. The van der Waals surface area contributed by atoms with E-state index in [0.717, 1.165) is 42.1 Å². The summed E-state index contributed by atoms with van der Waals surface area (Å²) in [6.45, 7) is 8.23. The van der Waals surface area contributed by atoms with Gasteiger partial charge in [-0.3, -0.25) is 4.79 Å². The third kappa shape index (κ3) is 6.48. The molecule has 2 saturated heterocycles. The number of piperidine rings is 1. The molecule has 2 N–H and O–H groups in total. The van der Waals surface area contributed by atoms with Gasteiger partial charge >= 0.3 is 6.03 Å². The molecule has 2 aromatic heterocycles. The van der Waals surface area contributed by atoms with E-state index in [2.05, 4.69) is 37.3 Å². The zero-order valence-corrected chi connectivity index (χ0v) is 24.6. The second-order valence-corrected chi connectivity index (χ2v) is 11.3. The Hall–Kier alpha value is -4.86. The zero-order chi connectivity index (χ0) is 29.8. The monoisotopic (exact) mass is 579 g/mol. The first-order valence-corrected chi connectivity index (χ1v) is 14.9. The van der Waals surface area contributed by atoms with Crippen LogP contribution in [0, 0.1) is 12.8 Å². The second kappa shape index (κ2) is 12.6. The van der Waals surface area contributed by atoms with Gasteiger partial charge in [0.05, 0.1) is 23.3 Å². The van der Waals surface area contributed by atoms with E-state index >= 15 is 0 Å². The number of hydrogen-bond acceptors (Lipinski definition) is 7. The molecule has 1 unspecified atom stereocenters. The van der Waals surface area contributed by atoms with Crippen LogP contribution in [0.15, 0.2) is 77.3 Å². The third-order valence-electron chi connectivity index (χ3n) is 8.07. The molecule has 0 saturated carbocycles. The van der Waals surface area contributed by atoms with Crippen LogP contribution < -0.4 is 20.4 Å². The Labute approximate surface area is 251 Å². The molecular formula is C33H37N7O3. The Bertz CT molecular complexity index is 1560. The highest BCUT2D eigenvalue weighted by atomic mass is 16.4. The van der Waals surface area contributed by atoms with Crippen molar-refractivity contribution in [1.82, 2.24) is 14.9 Å². The van der Waals surface area contributed by atoms with Gasteiger partial charge in [0.15, 0.2) is 0 Å². The highest BCUT2D eigenvalue weighted by molar-refractivity contribution is 6.03. The van der Waals surface area contributed by atoms with Crippen LogP contribution in [0.2, 0.25) is 0 Å². The standard InChI is InChI=1S/C33H37N7O3/c1-23-9-8-16-40(22-23)33-35-24(2)30(43-33)31(41)36-26-14-15-29(34-21-26)38-17-19-39(20-18-38)32(42)37-28-13-7-6-12-27(28)25-10-4-3-5-11-25/h3-7,10-15,21,23H,8-9,16-20,22H2,1-2H3,(H,36,41)(H,37,42). The molecule has 222 valence electrons. The molecule has 10 heteroatoms. The summed E-state index contributed by atoms with van der Waals surface area (Å²) >= 11 is 0. The number of nitrogens with one attached hydrogen (secondary N) is 2. The van der Waals surface area contributed by atoms with Crippen molar-refractivity contribution >= 4 is 35.1 Å². The number of piperazine rings is 1. The Morgan fingerprint density at radius 2 is 1.65 bits per heavy atom. The minimum absolute atomic E-state index is 0.116. The van der Waals surface area contributed by atoms with Gasteiger partial charge in [0.25, 0.3) is 11.9 Å². The summed E-state index contributed by atoms with van der Waals surface area (Å²) in [6, 6.07) is 22.0. The van der Waals surface area contributed by atoms with Gasteiger partial charge in [-0.05, 0) is 49.4 Å². The van der Waals surface area contributed by atoms with Crippen molar-refractivity contribution < 1.29 is 14.0 Å². The predicted molar refractivity (Wildman–Crippen MR) is 169 cm³/mol.